The van der Waals surface area contributed by atoms with Crippen LogP contribution in [0.25, 0.3) is 0 Å². The Kier molecular flexibility index (Phi) is 3.83. The van der Waals surface area contributed by atoms with Crippen LogP contribution in [0.15, 0.2) is 24.3 Å². The van der Waals surface area contributed by atoms with E-state index in [1.807, 2.05) is 0 Å². The fourth-order valence-electron chi connectivity index (χ4n) is 2.42. The lowest BCUT2D eigenvalue weighted by Crippen LogP contribution is -2.41. The van der Waals surface area contributed by atoms with Crippen LogP contribution in [-0.2, 0) is 15.8 Å². The van der Waals surface area contributed by atoms with Crippen molar-refractivity contribution in [3.8, 4) is 0 Å². The topological polar surface area (TPSA) is 37.4 Å². The summed E-state index contributed by atoms with van der Waals surface area (Å²) >= 11 is 0. The molecule has 0 aliphatic carbocycles. The number of hydrogen-bond acceptors (Lipinski definition) is 2. The quantitative estimate of drug-likeness (QED) is 0.795. The lowest BCUT2D eigenvalue weighted by atomic mass is 9.88. The highest BCUT2D eigenvalue weighted by atomic mass is 19.4. The van der Waals surface area contributed by atoms with Gasteiger partial charge in [-0.25, -0.2) is 0 Å². The monoisotopic (exact) mass is 285 g/mol. The fourth-order valence-corrected chi connectivity index (χ4v) is 2.42. The van der Waals surface area contributed by atoms with Crippen molar-refractivity contribution in [2.75, 3.05) is 6.54 Å². The number of amides is 2. The van der Waals surface area contributed by atoms with Crippen molar-refractivity contribution < 1.29 is 22.8 Å². The molecule has 1 aliphatic rings. The summed E-state index contributed by atoms with van der Waals surface area (Å²) in [5, 5.41) is 0. The van der Waals surface area contributed by atoms with E-state index in [4.69, 9.17) is 0 Å². The lowest BCUT2D eigenvalue weighted by molar-refractivity contribution is -0.145. The van der Waals surface area contributed by atoms with Crippen LogP contribution in [0.4, 0.5) is 13.2 Å². The Morgan fingerprint density at radius 3 is 2.60 bits per heavy atom. The molecule has 1 fully saturated rings. The van der Waals surface area contributed by atoms with Crippen molar-refractivity contribution in [1.82, 2.24) is 4.90 Å². The van der Waals surface area contributed by atoms with Gasteiger partial charge in [0.05, 0.1) is 5.56 Å². The first-order chi connectivity index (χ1) is 9.29. The Hall–Kier alpha value is -1.85. The standard InChI is InChI=1S/C14H14F3NO2/c1-9(19)18-6-5-11(8-13(18)20)10-3-2-4-12(7-10)14(15,16)17/h2-4,7,11H,5-6,8H2,1H3. The summed E-state index contributed by atoms with van der Waals surface area (Å²) in [4.78, 5) is 24.1. The minimum absolute atomic E-state index is 0.0703. The van der Waals surface area contributed by atoms with Crippen molar-refractivity contribution in [1.29, 1.82) is 0 Å². The van der Waals surface area contributed by atoms with Crippen molar-refractivity contribution in [2.24, 2.45) is 0 Å². The number of piperidine rings is 1. The Balaban J connectivity index is 2.18. The van der Waals surface area contributed by atoms with Crippen molar-refractivity contribution >= 4 is 11.8 Å². The molecule has 1 atom stereocenters. The van der Waals surface area contributed by atoms with Crippen molar-refractivity contribution in [2.45, 2.75) is 31.9 Å². The number of likely N-dealkylation sites (tertiary alicyclic amines) is 1. The third-order valence-corrected chi connectivity index (χ3v) is 3.49. The zero-order valence-corrected chi connectivity index (χ0v) is 10.9. The summed E-state index contributed by atoms with van der Waals surface area (Å²) in [7, 11) is 0. The molecule has 2 rings (SSSR count). The van der Waals surface area contributed by atoms with E-state index in [1.54, 1.807) is 6.07 Å². The second-order valence-corrected chi connectivity index (χ2v) is 4.88. The first kappa shape index (κ1) is 14.6. The molecule has 0 spiro atoms. The number of imide groups is 1. The molecule has 0 radical (unpaired) electrons. The van der Waals surface area contributed by atoms with Gasteiger partial charge in [0.1, 0.15) is 0 Å². The predicted molar refractivity (Wildman–Crippen MR) is 65.8 cm³/mol. The van der Waals surface area contributed by atoms with Gasteiger partial charge < -0.3 is 0 Å². The lowest BCUT2D eigenvalue weighted by Gasteiger charge is -2.30. The molecule has 0 saturated carbocycles. The smallest absolute Gasteiger partial charge is 0.283 e. The largest absolute Gasteiger partial charge is 0.416 e. The highest BCUT2D eigenvalue weighted by molar-refractivity contribution is 5.95. The third-order valence-electron chi connectivity index (χ3n) is 3.49. The van der Waals surface area contributed by atoms with Gasteiger partial charge in [-0.2, -0.15) is 13.2 Å². The van der Waals surface area contributed by atoms with Crippen molar-refractivity contribution in [3.63, 3.8) is 0 Å². The molecule has 0 aromatic heterocycles. The fraction of sp³-hybridized carbons (Fsp3) is 0.429. The van der Waals surface area contributed by atoms with E-state index in [2.05, 4.69) is 0 Å². The zero-order valence-electron chi connectivity index (χ0n) is 10.9. The average molecular weight is 285 g/mol. The van der Waals surface area contributed by atoms with E-state index in [0.717, 1.165) is 17.0 Å². The Morgan fingerprint density at radius 2 is 2.05 bits per heavy atom. The zero-order chi connectivity index (χ0) is 14.9. The van der Waals surface area contributed by atoms with E-state index in [-0.39, 0.29) is 30.7 Å². The minimum Gasteiger partial charge on any atom is -0.283 e. The van der Waals surface area contributed by atoms with Crippen LogP contribution < -0.4 is 0 Å². The first-order valence-corrected chi connectivity index (χ1v) is 6.27. The molecule has 1 unspecified atom stereocenters. The van der Waals surface area contributed by atoms with Gasteiger partial charge in [0.2, 0.25) is 11.8 Å². The Bertz CT molecular complexity index is 539. The maximum absolute atomic E-state index is 12.7. The molecular formula is C14H14F3NO2. The molecule has 0 N–H and O–H groups in total. The molecule has 1 heterocycles. The number of alkyl halides is 3. The van der Waals surface area contributed by atoms with Crippen LogP contribution in [0.2, 0.25) is 0 Å². The van der Waals surface area contributed by atoms with Crippen LogP contribution >= 0.6 is 0 Å². The number of rotatable bonds is 1. The number of benzene rings is 1. The second-order valence-electron chi connectivity index (χ2n) is 4.88. The third kappa shape index (κ3) is 3.00. The van der Waals surface area contributed by atoms with Gasteiger partial charge in [-0.05, 0) is 24.0 Å². The summed E-state index contributed by atoms with van der Waals surface area (Å²) in [5.74, 6) is -0.913. The highest BCUT2D eigenvalue weighted by Gasteiger charge is 2.33. The summed E-state index contributed by atoms with van der Waals surface area (Å²) < 4.78 is 38.0. The van der Waals surface area contributed by atoms with Gasteiger partial charge in [0.15, 0.2) is 0 Å². The summed E-state index contributed by atoms with van der Waals surface area (Å²) in [6.45, 7) is 1.57. The van der Waals surface area contributed by atoms with E-state index in [1.165, 1.54) is 13.0 Å². The molecule has 108 valence electrons. The van der Waals surface area contributed by atoms with Gasteiger partial charge >= 0.3 is 6.18 Å². The maximum atomic E-state index is 12.7. The molecule has 1 aliphatic heterocycles. The summed E-state index contributed by atoms with van der Waals surface area (Å²) in [6.07, 6.45) is -3.83. The van der Waals surface area contributed by atoms with Crippen LogP contribution in [-0.4, -0.2) is 23.3 Å². The van der Waals surface area contributed by atoms with Crippen LogP contribution in [0.5, 0.6) is 0 Å². The minimum atomic E-state index is -4.39. The average Bonchev–Trinajstić information content (AvgIpc) is 2.37. The van der Waals surface area contributed by atoms with Crippen LogP contribution in [0.3, 0.4) is 0 Å². The van der Waals surface area contributed by atoms with Gasteiger partial charge in [-0.1, -0.05) is 18.2 Å². The van der Waals surface area contributed by atoms with Crippen LogP contribution in [0.1, 0.15) is 36.8 Å². The number of nitrogens with zero attached hydrogens (tertiary/aromatic N) is 1. The van der Waals surface area contributed by atoms with Gasteiger partial charge in [0.25, 0.3) is 0 Å². The molecule has 0 bridgehead atoms. The predicted octanol–water partition coefficient (Wildman–Crippen LogP) is 2.96. The van der Waals surface area contributed by atoms with Crippen LogP contribution in [0, 0.1) is 0 Å². The number of carbonyl (C=O) groups is 2. The molecule has 2 amide bonds. The molecular weight excluding hydrogens is 271 g/mol. The van der Waals surface area contributed by atoms with Gasteiger partial charge in [-0.15, -0.1) is 0 Å². The number of hydrogen-bond donors (Lipinski definition) is 0. The summed E-state index contributed by atoms with van der Waals surface area (Å²) in [6, 6.07) is 5.04. The Labute approximate surface area is 114 Å². The molecule has 1 aromatic carbocycles. The van der Waals surface area contributed by atoms with E-state index >= 15 is 0 Å². The maximum Gasteiger partial charge on any atom is 0.416 e. The number of halogens is 3. The van der Waals surface area contributed by atoms with E-state index < -0.39 is 11.7 Å². The molecule has 20 heavy (non-hydrogen) atoms. The van der Waals surface area contributed by atoms with E-state index in [9.17, 15) is 22.8 Å². The molecule has 1 aromatic rings. The molecule has 3 nitrogen and oxygen atoms in total. The number of carbonyl (C=O) groups excluding carboxylic acids is 2. The highest BCUT2D eigenvalue weighted by Crippen LogP contribution is 2.34. The molecule has 1 saturated heterocycles. The van der Waals surface area contributed by atoms with Gasteiger partial charge in [0, 0.05) is 19.9 Å². The first-order valence-electron chi connectivity index (χ1n) is 6.27. The van der Waals surface area contributed by atoms with E-state index in [0.29, 0.717) is 12.0 Å². The summed E-state index contributed by atoms with van der Waals surface area (Å²) in [5.41, 5.74) is -0.215. The molecule has 6 heteroatoms. The SMILES string of the molecule is CC(=O)N1CCC(c2cccc(C(F)(F)F)c2)CC1=O. The second kappa shape index (κ2) is 5.26. The van der Waals surface area contributed by atoms with Crippen molar-refractivity contribution in [3.05, 3.63) is 35.4 Å². The Morgan fingerprint density at radius 1 is 1.35 bits per heavy atom. The van der Waals surface area contributed by atoms with Gasteiger partial charge in [-0.3, -0.25) is 14.5 Å². The normalized spacial score (nSPS) is 20.1.